The molecule has 1 fully saturated rings. The van der Waals surface area contributed by atoms with E-state index >= 15 is 0 Å². The first-order valence-corrected chi connectivity index (χ1v) is 5.14. The monoisotopic (exact) mass is 196 g/mol. The Morgan fingerprint density at radius 2 is 2.54 bits per heavy atom. The summed E-state index contributed by atoms with van der Waals surface area (Å²) in [6, 6.07) is 3.89. The van der Waals surface area contributed by atoms with Crippen LogP contribution in [-0.2, 0) is 4.74 Å². The first-order valence-electron chi connectivity index (χ1n) is 4.26. The number of hydrogen-bond acceptors (Lipinski definition) is 3. The van der Waals surface area contributed by atoms with Crippen LogP contribution in [0, 0.1) is 5.92 Å². The summed E-state index contributed by atoms with van der Waals surface area (Å²) in [5, 5.41) is 11.9. The fourth-order valence-corrected chi connectivity index (χ4v) is 2.29. The van der Waals surface area contributed by atoms with E-state index in [9.17, 15) is 5.11 Å². The van der Waals surface area contributed by atoms with Crippen LogP contribution in [0.1, 0.15) is 11.0 Å². The molecule has 2 atom stereocenters. The standard InChI is InChI=1S/C10H12O2S/c1-7-5-12-6-8(7)10(11)9-3-2-4-13-9/h2-4,8,10-11H,1,5-6H2/t8-,10+/m0/s1. The van der Waals surface area contributed by atoms with E-state index in [1.54, 1.807) is 11.3 Å². The SMILES string of the molecule is C=C1COC[C@@H]1[C@@H](O)c1cccs1. The summed E-state index contributed by atoms with van der Waals surface area (Å²) in [6.07, 6.45) is -0.435. The summed E-state index contributed by atoms with van der Waals surface area (Å²) >= 11 is 1.57. The second kappa shape index (κ2) is 3.62. The minimum Gasteiger partial charge on any atom is -0.387 e. The van der Waals surface area contributed by atoms with Crippen molar-refractivity contribution >= 4 is 11.3 Å². The smallest absolute Gasteiger partial charge is 0.0969 e. The summed E-state index contributed by atoms with van der Waals surface area (Å²) in [7, 11) is 0. The molecule has 0 aliphatic carbocycles. The molecular formula is C10H12O2S. The maximum Gasteiger partial charge on any atom is 0.0969 e. The molecular weight excluding hydrogens is 184 g/mol. The van der Waals surface area contributed by atoms with Crippen molar-refractivity contribution in [3.8, 4) is 0 Å². The van der Waals surface area contributed by atoms with E-state index in [0.29, 0.717) is 13.2 Å². The normalized spacial score (nSPS) is 25.0. The number of ether oxygens (including phenoxy) is 1. The van der Waals surface area contributed by atoms with Gasteiger partial charge in [0.05, 0.1) is 19.3 Å². The molecule has 0 unspecified atom stereocenters. The molecule has 1 aromatic rings. The minimum atomic E-state index is -0.435. The van der Waals surface area contributed by atoms with E-state index in [4.69, 9.17) is 4.74 Å². The average molecular weight is 196 g/mol. The van der Waals surface area contributed by atoms with E-state index in [0.717, 1.165) is 10.5 Å². The van der Waals surface area contributed by atoms with Gasteiger partial charge in [-0.3, -0.25) is 0 Å². The van der Waals surface area contributed by atoms with Gasteiger partial charge in [-0.15, -0.1) is 11.3 Å². The molecule has 13 heavy (non-hydrogen) atoms. The van der Waals surface area contributed by atoms with E-state index in [2.05, 4.69) is 6.58 Å². The van der Waals surface area contributed by atoms with Gasteiger partial charge in [0.15, 0.2) is 0 Å². The van der Waals surface area contributed by atoms with Crippen LogP contribution >= 0.6 is 11.3 Å². The van der Waals surface area contributed by atoms with Crippen molar-refractivity contribution in [2.45, 2.75) is 6.10 Å². The maximum absolute atomic E-state index is 9.95. The second-order valence-electron chi connectivity index (χ2n) is 3.24. The quantitative estimate of drug-likeness (QED) is 0.733. The molecule has 1 saturated heterocycles. The molecule has 0 radical (unpaired) electrons. The molecule has 1 aliphatic rings. The van der Waals surface area contributed by atoms with E-state index in [1.807, 2.05) is 17.5 Å². The summed E-state index contributed by atoms with van der Waals surface area (Å²) in [5.41, 5.74) is 1.00. The first kappa shape index (κ1) is 8.94. The van der Waals surface area contributed by atoms with Crippen LogP contribution in [0.2, 0.25) is 0 Å². The lowest BCUT2D eigenvalue weighted by molar-refractivity contribution is 0.0996. The van der Waals surface area contributed by atoms with Crippen molar-refractivity contribution < 1.29 is 9.84 Å². The van der Waals surface area contributed by atoms with Gasteiger partial charge in [0.25, 0.3) is 0 Å². The van der Waals surface area contributed by atoms with Crippen LogP contribution in [0.5, 0.6) is 0 Å². The number of thiophene rings is 1. The van der Waals surface area contributed by atoms with Crippen molar-refractivity contribution in [1.82, 2.24) is 0 Å². The Morgan fingerprint density at radius 3 is 3.08 bits per heavy atom. The molecule has 2 nitrogen and oxygen atoms in total. The molecule has 70 valence electrons. The summed E-state index contributed by atoms with van der Waals surface area (Å²) in [4.78, 5) is 0.997. The zero-order valence-corrected chi connectivity index (χ0v) is 8.09. The number of aliphatic hydroxyl groups excluding tert-OH is 1. The minimum absolute atomic E-state index is 0.0821. The Hall–Kier alpha value is -0.640. The van der Waals surface area contributed by atoms with Crippen LogP contribution < -0.4 is 0 Å². The highest BCUT2D eigenvalue weighted by atomic mass is 32.1. The molecule has 3 heteroatoms. The molecule has 2 heterocycles. The van der Waals surface area contributed by atoms with Gasteiger partial charge in [0.1, 0.15) is 0 Å². The molecule has 0 saturated carbocycles. The third-order valence-corrected chi connectivity index (χ3v) is 3.27. The van der Waals surface area contributed by atoms with Crippen molar-refractivity contribution in [3.05, 3.63) is 34.5 Å². The summed E-state index contributed by atoms with van der Waals surface area (Å²) in [5.74, 6) is 0.0821. The summed E-state index contributed by atoms with van der Waals surface area (Å²) in [6.45, 7) is 5.07. The molecule has 1 aromatic heterocycles. The van der Waals surface area contributed by atoms with Gasteiger partial charge in [-0.2, -0.15) is 0 Å². The predicted molar refractivity (Wildman–Crippen MR) is 52.7 cm³/mol. The Balaban J connectivity index is 2.13. The highest BCUT2D eigenvalue weighted by molar-refractivity contribution is 7.10. The van der Waals surface area contributed by atoms with Crippen LogP contribution in [-0.4, -0.2) is 18.3 Å². The largest absolute Gasteiger partial charge is 0.387 e. The van der Waals surface area contributed by atoms with Gasteiger partial charge in [-0.25, -0.2) is 0 Å². The molecule has 1 aliphatic heterocycles. The van der Waals surface area contributed by atoms with Crippen molar-refractivity contribution in [1.29, 1.82) is 0 Å². The summed E-state index contributed by atoms with van der Waals surface area (Å²) < 4.78 is 5.23. The average Bonchev–Trinajstić information content (AvgIpc) is 2.72. The lowest BCUT2D eigenvalue weighted by Crippen LogP contribution is -2.12. The van der Waals surface area contributed by atoms with E-state index in [1.165, 1.54) is 0 Å². The molecule has 2 rings (SSSR count). The van der Waals surface area contributed by atoms with Crippen molar-refractivity contribution in [3.63, 3.8) is 0 Å². The van der Waals surface area contributed by atoms with E-state index < -0.39 is 6.10 Å². The molecule has 0 spiro atoms. The van der Waals surface area contributed by atoms with Crippen molar-refractivity contribution in [2.24, 2.45) is 5.92 Å². The molecule has 0 aromatic carbocycles. The zero-order chi connectivity index (χ0) is 9.26. The lowest BCUT2D eigenvalue weighted by Gasteiger charge is -2.15. The number of aliphatic hydroxyl groups is 1. The highest BCUT2D eigenvalue weighted by Gasteiger charge is 2.28. The predicted octanol–water partition coefficient (Wildman–Crippen LogP) is 1.98. The van der Waals surface area contributed by atoms with Gasteiger partial charge < -0.3 is 9.84 Å². The fraction of sp³-hybridized carbons (Fsp3) is 0.400. The first-order chi connectivity index (χ1) is 6.29. The number of hydrogen-bond donors (Lipinski definition) is 1. The second-order valence-corrected chi connectivity index (χ2v) is 4.22. The van der Waals surface area contributed by atoms with Crippen LogP contribution in [0.4, 0.5) is 0 Å². The van der Waals surface area contributed by atoms with Gasteiger partial charge >= 0.3 is 0 Å². The van der Waals surface area contributed by atoms with Crippen LogP contribution in [0.3, 0.4) is 0 Å². The molecule has 0 bridgehead atoms. The van der Waals surface area contributed by atoms with Crippen molar-refractivity contribution in [2.75, 3.05) is 13.2 Å². The third kappa shape index (κ3) is 1.68. The highest BCUT2D eigenvalue weighted by Crippen LogP contribution is 2.33. The maximum atomic E-state index is 9.95. The lowest BCUT2D eigenvalue weighted by atomic mass is 9.97. The van der Waals surface area contributed by atoms with Gasteiger partial charge in [0, 0.05) is 10.8 Å². The molecule has 0 amide bonds. The van der Waals surface area contributed by atoms with Gasteiger partial charge in [-0.05, 0) is 17.0 Å². The fourth-order valence-electron chi connectivity index (χ4n) is 1.51. The molecule has 1 N–H and O–H groups in total. The number of rotatable bonds is 2. The topological polar surface area (TPSA) is 29.5 Å². The van der Waals surface area contributed by atoms with Crippen LogP contribution in [0.15, 0.2) is 29.7 Å². The van der Waals surface area contributed by atoms with E-state index in [-0.39, 0.29) is 5.92 Å². The Morgan fingerprint density at radius 1 is 1.69 bits per heavy atom. The van der Waals surface area contributed by atoms with Crippen LogP contribution in [0.25, 0.3) is 0 Å². The van der Waals surface area contributed by atoms with Gasteiger partial charge in [0.2, 0.25) is 0 Å². The Kier molecular flexibility index (Phi) is 2.49. The zero-order valence-electron chi connectivity index (χ0n) is 7.27. The Labute approximate surface area is 81.5 Å². The third-order valence-electron chi connectivity index (χ3n) is 2.33. The van der Waals surface area contributed by atoms with Gasteiger partial charge in [-0.1, -0.05) is 12.6 Å². The Bertz CT molecular complexity index is 292.